The zero-order valence-electron chi connectivity index (χ0n) is 14.6. The Hall–Kier alpha value is -3.64. The van der Waals surface area contributed by atoms with Gasteiger partial charge in [-0.15, -0.1) is 0 Å². The van der Waals surface area contributed by atoms with Gasteiger partial charge in [-0.1, -0.05) is 11.3 Å². The van der Waals surface area contributed by atoms with Gasteiger partial charge in [0.25, 0.3) is 10.0 Å². The highest BCUT2D eigenvalue weighted by atomic mass is 32.2. The second-order valence-corrected chi connectivity index (χ2v) is 8.23. The zero-order valence-corrected chi connectivity index (χ0v) is 16.2. The number of hydrogen-bond acceptors (Lipinski definition) is 8. The van der Waals surface area contributed by atoms with E-state index in [-0.39, 0.29) is 15.8 Å². The number of nitrogens with one attached hydrogen (secondary N) is 2. The molecule has 12 heteroatoms. The van der Waals surface area contributed by atoms with Crippen molar-refractivity contribution in [2.24, 2.45) is 0 Å². The van der Waals surface area contributed by atoms with Gasteiger partial charge >= 0.3 is 5.00 Å². The average Bonchev–Trinajstić information content (AvgIpc) is 3.17. The quantitative estimate of drug-likeness (QED) is 0.332. The standard InChI is InChI=1S/C17H13N5O5S2/c23-15(8-4-13-5-9-16(28-13)22(24)25)20-12-2-6-14(7-3-12)29(26,27)21-17-18-10-1-11-19-17/h1-11H,(H,20,23)(H,18,19,21)/b8-4+. The first-order valence-electron chi connectivity index (χ1n) is 7.97. The van der Waals surface area contributed by atoms with Crippen LogP contribution in [0.3, 0.4) is 0 Å². The number of thiophene rings is 1. The molecular weight excluding hydrogens is 418 g/mol. The van der Waals surface area contributed by atoms with Crippen molar-refractivity contribution in [3.05, 3.63) is 75.9 Å². The van der Waals surface area contributed by atoms with Gasteiger partial charge in [0.2, 0.25) is 11.9 Å². The largest absolute Gasteiger partial charge is 0.324 e. The average molecular weight is 431 g/mol. The fraction of sp³-hybridized carbons (Fsp3) is 0. The maximum absolute atomic E-state index is 12.3. The van der Waals surface area contributed by atoms with Gasteiger partial charge in [0.05, 0.1) is 9.82 Å². The van der Waals surface area contributed by atoms with Crippen molar-refractivity contribution in [1.29, 1.82) is 0 Å². The summed E-state index contributed by atoms with van der Waals surface area (Å²) in [5, 5.41) is 13.2. The Morgan fingerprint density at radius 3 is 2.41 bits per heavy atom. The highest BCUT2D eigenvalue weighted by Gasteiger charge is 2.15. The SMILES string of the molecule is O=C(/C=C/c1ccc([N+](=O)[O-])s1)Nc1ccc(S(=O)(=O)Nc2ncccn2)cc1. The lowest BCUT2D eigenvalue weighted by Crippen LogP contribution is -2.15. The third-order valence-corrected chi connectivity index (χ3v) is 5.76. The van der Waals surface area contributed by atoms with E-state index in [2.05, 4.69) is 20.0 Å². The molecule has 2 heterocycles. The van der Waals surface area contributed by atoms with E-state index in [0.29, 0.717) is 10.6 Å². The summed E-state index contributed by atoms with van der Waals surface area (Å²) < 4.78 is 26.9. The number of benzene rings is 1. The molecule has 0 aliphatic carbocycles. The van der Waals surface area contributed by atoms with Crippen LogP contribution in [0.25, 0.3) is 6.08 Å². The van der Waals surface area contributed by atoms with E-state index >= 15 is 0 Å². The third kappa shape index (κ3) is 5.43. The van der Waals surface area contributed by atoms with Crippen LogP contribution in [0.1, 0.15) is 4.88 Å². The molecule has 0 bridgehead atoms. The first kappa shape index (κ1) is 20.1. The topological polar surface area (TPSA) is 144 Å². The van der Waals surface area contributed by atoms with Crippen molar-refractivity contribution in [2.75, 3.05) is 10.0 Å². The second-order valence-electron chi connectivity index (χ2n) is 5.46. The molecular formula is C17H13N5O5S2. The summed E-state index contributed by atoms with van der Waals surface area (Å²) in [6.07, 6.45) is 5.50. The maximum atomic E-state index is 12.3. The molecule has 10 nitrogen and oxygen atoms in total. The van der Waals surface area contributed by atoms with Crippen molar-refractivity contribution in [1.82, 2.24) is 9.97 Å². The van der Waals surface area contributed by atoms with E-state index in [1.807, 2.05) is 0 Å². The predicted molar refractivity (Wildman–Crippen MR) is 108 cm³/mol. The summed E-state index contributed by atoms with van der Waals surface area (Å²) >= 11 is 0.945. The van der Waals surface area contributed by atoms with Crippen LogP contribution in [0.4, 0.5) is 16.6 Å². The van der Waals surface area contributed by atoms with Gasteiger partial charge in [-0.05, 0) is 42.5 Å². The molecule has 0 saturated heterocycles. The van der Waals surface area contributed by atoms with Crippen molar-refractivity contribution in [3.8, 4) is 0 Å². The van der Waals surface area contributed by atoms with Crippen molar-refractivity contribution in [2.45, 2.75) is 4.90 Å². The summed E-state index contributed by atoms with van der Waals surface area (Å²) in [6, 6.07) is 9.97. The molecule has 0 unspecified atom stereocenters. The summed E-state index contributed by atoms with van der Waals surface area (Å²) in [7, 11) is -3.86. The number of rotatable bonds is 7. The van der Waals surface area contributed by atoms with Crippen LogP contribution in [0.5, 0.6) is 0 Å². The number of amides is 1. The van der Waals surface area contributed by atoms with Gasteiger partial charge in [0.15, 0.2) is 0 Å². The van der Waals surface area contributed by atoms with Crippen LogP contribution in [0.15, 0.2) is 65.8 Å². The molecule has 2 N–H and O–H groups in total. The van der Waals surface area contributed by atoms with Gasteiger partial charge in [0, 0.05) is 35.1 Å². The van der Waals surface area contributed by atoms with Gasteiger partial charge in [-0.3, -0.25) is 14.9 Å². The first-order valence-corrected chi connectivity index (χ1v) is 10.3. The summed E-state index contributed by atoms with van der Waals surface area (Å²) in [4.78, 5) is 30.3. The monoisotopic (exact) mass is 431 g/mol. The lowest BCUT2D eigenvalue weighted by molar-refractivity contribution is -0.380. The number of carbonyl (C=O) groups excluding carboxylic acids is 1. The first-order chi connectivity index (χ1) is 13.8. The highest BCUT2D eigenvalue weighted by Crippen LogP contribution is 2.25. The maximum Gasteiger partial charge on any atom is 0.324 e. The molecule has 0 spiro atoms. The molecule has 148 valence electrons. The molecule has 29 heavy (non-hydrogen) atoms. The lowest BCUT2D eigenvalue weighted by atomic mass is 10.3. The fourth-order valence-electron chi connectivity index (χ4n) is 2.12. The zero-order chi connectivity index (χ0) is 20.9. The van der Waals surface area contributed by atoms with Crippen LogP contribution in [-0.4, -0.2) is 29.2 Å². The number of nitrogens with zero attached hydrogens (tertiary/aromatic N) is 3. The predicted octanol–water partition coefficient (Wildman–Crippen LogP) is 2.90. The van der Waals surface area contributed by atoms with Crippen molar-refractivity contribution in [3.63, 3.8) is 0 Å². The Morgan fingerprint density at radius 2 is 1.79 bits per heavy atom. The van der Waals surface area contributed by atoms with Crippen LogP contribution in [0.2, 0.25) is 0 Å². The molecule has 0 radical (unpaired) electrons. The Balaban J connectivity index is 1.63. The number of nitro groups is 1. The summed E-state index contributed by atoms with van der Waals surface area (Å²) in [5.74, 6) is -0.517. The second kappa shape index (κ2) is 8.58. The summed E-state index contributed by atoms with van der Waals surface area (Å²) in [5.41, 5.74) is 0.381. The minimum Gasteiger partial charge on any atom is -0.323 e. The minimum atomic E-state index is -3.86. The molecule has 2 aromatic heterocycles. The van der Waals surface area contributed by atoms with E-state index in [0.717, 1.165) is 11.3 Å². The van der Waals surface area contributed by atoms with E-state index in [1.54, 1.807) is 6.07 Å². The van der Waals surface area contributed by atoms with E-state index in [9.17, 15) is 23.3 Å². The molecule has 3 aromatic rings. The van der Waals surface area contributed by atoms with E-state index < -0.39 is 20.9 Å². The third-order valence-electron chi connectivity index (χ3n) is 3.42. The Labute approximate surface area is 169 Å². The van der Waals surface area contributed by atoms with Crippen LogP contribution >= 0.6 is 11.3 Å². The van der Waals surface area contributed by atoms with Crippen LogP contribution < -0.4 is 10.0 Å². The van der Waals surface area contributed by atoms with Gasteiger partial charge in [-0.2, -0.15) is 0 Å². The Kier molecular flexibility index (Phi) is 5.95. The highest BCUT2D eigenvalue weighted by molar-refractivity contribution is 7.92. The number of carbonyl (C=O) groups is 1. The van der Waals surface area contributed by atoms with Gasteiger partial charge in [0.1, 0.15) is 0 Å². The van der Waals surface area contributed by atoms with Gasteiger partial charge in [-0.25, -0.2) is 23.1 Å². The Bertz CT molecular complexity index is 1160. The molecule has 1 amide bonds. The lowest BCUT2D eigenvalue weighted by Gasteiger charge is -2.07. The number of hydrogen-bond donors (Lipinski definition) is 2. The molecule has 0 saturated carbocycles. The molecule has 0 fully saturated rings. The smallest absolute Gasteiger partial charge is 0.323 e. The minimum absolute atomic E-state index is 0.0173. The van der Waals surface area contributed by atoms with Crippen molar-refractivity contribution < 1.29 is 18.1 Å². The summed E-state index contributed by atoms with van der Waals surface area (Å²) in [6.45, 7) is 0. The fourth-order valence-corrected chi connectivity index (χ4v) is 3.80. The molecule has 0 atom stereocenters. The number of sulfonamides is 1. The number of anilines is 2. The van der Waals surface area contributed by atoms with Gasteiger partial charge < -0.3 is 5.32 Å². The molecule has 0 aliphatic heterocycles. The molecule has 3 rings (SSSR count). The Morgan fingerprint density at radius 1 is 1.10 bits per heavy atom. The van der Waals surface area contributed by atoms with E-state index in [1.165, 1.54) is 60.9 Å². The van der Waals surface area contributed by atoms with Crippen LogP contribution in [-0.2, 0) is 14.8 Å². The van der Waals surface area contributed by atoms with Crippen molar-refractivity contribution >= 4 is 50.0 Å². The molecule has 1 aromatic carbocycles. The van der Waals surface area contributed by atoms with E-state index in [4.69, 9.17) is 0 Å². The van der Waals surface area contributed by atoms with Crippen LogP contribution in [0, 0.1) is 10.1 Å². The number of aromatic nitrogens is 2. The normalized spacial score (nSPS) is 11.3. The molecule has 0 aliphatic rings.